The van der Waals surface area contributed by atoms with Crippen LogP contribution in [0.3, 0.4) is 0 Å². The van der Waals surface area contributed by atoms with Gasteiger partial charge in [-0.3, -0.25) is 0 Å². The third-order valence-corrected chi connectivity index (χ3v) is 7.29. The molecule has 1 aromatic heterocycles. The predicted octanol–water partition coefficient (Wildman–Crippen LogP) is 4.04. The minimum absolute atomic E-state index is 0.402. The molecule has 0 atom stereocenters. The standard InChI is InChI=1S/C20H22N2O2S/c1-15-6-2-5-9-20(15)25(23,24)22-12-10-16(11-13-22)18-14-21-19-8-4-3-7-17(18)19/h2-9,14,16,21H,10-13H2,1H3. The van der Waals surface area contributed by atoms with Gasteiger partial charge in [-0.2, -0.15) is 4.31 Å². The van der Waals surface area contributed by atoms with E-state index < -0.39 is 10.0 Å². The van der Waals surface area contributed by atoms with Crippen LogP contribution in [-0.4, -0.2) is 30.8 Å². The Kier molecular flexibility index (Phi) is 4.13. The van der Waals surface area contributed by atoms with E-state index in [1.165, 1.54) is 10.9 Å². The number of piperidine rings is 1. The van der Waals surface area contributed by atoms with Crippen molar-refractivity contribution < 1.29 is 8.42 Å². The number of rotatable bonds is 3. The predicted molar refractivity (Wildman–Crippen MR) is 100 cm³/mol. The van der Waals surface area contributed by atoms with E-state index in [1.807, 2.05) is 25.1 Å². The first-order valence-electron chi connectivity index (χ1n) is 8.69. The number of H-pyrrole nitrogens is 1. The molecule has 2 heterocycles. The number of aromatic amines is 1. The summed E-state index contributed by atoms with van der Waals surface area (Å²) in [6.45, 7) is 2.99. The van der Waals surface area contributed by atoms with Crippen LogP contribution >= 0.6 is 0 Å². The van der Waals surface area contributed by atoms with Gasteiger partial charge in [0.25, 0.3) is 0 Å². The first-order valence-corrected chi connectivity index (χ1v) is 10.1. The summed E-state index contributed by atoms with van der Waals surface area (Å²) in [5, 5.41) is 1.25. The maximum atomic E-state index is 12.9. The Hall–Kier alpha value is -2.11. The molecular formula is C20H22N2O2S. The fourth-order valence-corrected chi connectivity index (χ4v) is 5.52. The largest absolute Gasteiger partial charge is 0.361 e. The van der Waals surface area contributed by atoms with Crippen molar-refractivity contribution >= 4 is 20.9 Å². The van der Waals surface area contributed by atoms with Gasteiger partial charge in [0.2, 0.25) is 10.0 Å². The zero-order chi connectivity index (χ0) is 17.4. The minimum atomic E-state index is -3.40. The van der Waals surface area contributed by atoms with E-state index in [9.17, 15) is 8.42 Å². The van der Waals surface area contributed by atoms with Gasteiger partial charge in [-0.15, -0.1) is 0 Å². The van der Waals surface area contributed by atoms with Gasteiger partial charge in [0.1, 0.15) is 0 Å². The quantitative estimate of drug-likeness (QED) is 0.771. The third kappa shape index (κ3) is 2.87. The van der Waals surface area contributed by atoms with Crippen molar-refractivity contribution in [2.45, 2.75) is 30.6 Å². The van der Waals surface area contributed by atoms with Gasteiger partial charge in [0.15, 0.2) is 0 Å². The van der Waals surface area contributed by atoms with Gasteiger partial charge < -0.3 is 4.98 Å². The summed E-state index contributed by atoms with van der Waals surface area (Å²) in [5.74, 6) is 0.402. The molecule has 2 aromatic carbocycles. The monoisotopic (exact) mass is 354 g/mol. The smallest absolute Gasteiger partial charge is 0.243 e. The Bertz CT molecular complexity index is 999. The fraction of sp³-hybridized carbons (Fsp3) is 0.300. The molecule has 1 saturated heterocycles. The van der Waals surface area contributed by atoms with E-state index in [2.05, 4.69) is 29.4 Å². The van der Waals surface area contributed by atoms with Crippen molar-refractivity contribution in [3.63, 3.8) is 0 Å². The summed E-state index contributed by atoms with van der Waals surface area (Å²) >= 11 is 0. The van der Waals surface area contributed by atoms with E-state index in [4.69, 9.17) is 0 Å². The van der Waals surface area contributed by atoms with Gasteiger partial charge in [-0.25, -0.2) is 8.42 Å². The van der Waals surface area contributed by atoms with Crippen LogP contribution in [0.1, 0.15) is 29.9 Å². The van der Waals surface area contributed by atoms with E-state index in [-0.39, 0.29) is 0 Å². The van der Waals surface area contributed by atoms with E-state index in [1.54, 1.807) is 16.4 Å². The zero-order valence-corrected chi connectivity index (χ0v) is 15.1. The fourth-order valence-electron chi connectivity index (χ4n) is 3.82. The average Bonchev–Trinajstić information content (AvgIpc) is 3.06. The SMILES string of the molecule is Cc1ccccc1S(=O)(=O)N1CCC(c2c[nH]c3ccccc23)CC1. The Labute approximate surface area is 148 Å². The summed E-state index contributed by atoms with van der Waals surface area (Å²) in [6, 6.07) is 15.5. The lowest BCUT2D eigenvalue weighted by Crippen LogP contribution is -2.38. The second kappa shape index (κ2) is 6.32. The molecule has 0 saturated carbocycles. The van der Waals surface area contributed by atoms with Crippen LogP contribution in [0, 0.1) is 6.92 Å². The van der Waals surface area contributed by atoms with Crippen LogP contribution in [0.25, 0.3) is 10.9 Å². The molecule has 0 spiro atoms. The van der Waals surface area contributed by atoms with Crippen molar-refractivity contribution in [3.8, 4) is 0 Å². The lowest BCUT2D eigenvalue weighted by molar-refractivity contribution is 0.320. The Balaban J connectivity index is 1.55. The van der Waals surface area contributed by atoms with Gasteiger partial charge in [0.05, 0.1) is 4.90 Å². The highest BCUT2D eigenvalue weighted by molar-refractivity contribution is 7.89. The minimum Gasteiger partial charge on any atom is -0.361 e. The van der Waals surface area contributed by atoms with Gasteiger partial charge in [0, 0.05) is 30.2 Å². The Morgan fingerprint density at radius 3 is 2.44 bits per heavy atom. The molecule has 0 bridgehead atoms. The molecule has 0 amide bonds. The van der Waals surface area contributed by atoms with E-state index in [0.717, 1.165) is 23.9 Å². The van der Waals surface area contributed by atoms with Crippen molar-refractivity contribution in [1.29, 1.82) is 0 Å². The molecule has 0 aliphatic carbocycles. The molecular weight excluding hydrogens is 332 g/mol. The molecule has 130 valence electrons. The Morgan fingerprint density at radius 1 is 1.00 bits per heavy atom. The van der Waals surface area contributed by atoms with Crippen LogP contribution in [0.5, 0.6) is 0 Å². The highest BCUT2D eigenvalue weighted by atomic mass is 32.2. The van der Waals surface area contributed by atoms with Crippen LogP contribution in [-0.2, 0) is 10.0 Å². The molecule has 5 heteroatoms. The maximum Gasteiger partial charge on any atom is 0.243 e. The topological polar surface area (TPSA) is 53.2 Å². The van der Waals surface area contributed by atoms with Crippen molar-refractivity contribution in [3.05, 3.63) is 65.9 Å². The van der Waals surface area contributed by atoms with Gasteiger partial charge in [-0.1, -0.05) is 36.4 Å². The number of aryl methyl sites for hydroxylation is 1. The van der Waals surface area contributed by atoms with Crippen molar-refractivity contribution in [1.82, 2.24) is 9.29 Å². The first-order chi connectivity index (χ1) is 12.1. The second-order valence-corrected chi connectivity index (χ2v) is 8.64. The number of hydrogen-bond acceptors (Lipinski definition) is 2. The van der Waals surface area contributed by atoms with Gasteiger partial charge >= 0.3 is 0 Å². The normalized spacial score (nSPS) is 17.2. The highest BCUT2D eigenvalue weighted by Gasteiger charge is 2.31. The zero-order valence-electron chi connectivity index (χ0n) is 14.3. The highest BCUT2D eigenvalue weighted by Crippen LogP contribution is 2.34. The van der Waals surface area contributed by atoms with Crippen LogP contribution < -0.4 is 0 Å². The summed E-state index contributed by atoms with van der Waals surface area (Å²) in [5.41, 5.74) is 3.26. The summed E-state index contributed by atoms with van der Waals surface area (Å²) < 4.78 is 27.5. The Morgan fingerprint density at radius 2 is 1.68 bits per heavy atom. The number of hydrogen-bond donors (Lipinski definition) is 1. The molecule has 4 rings (SSSR count). The molecule has 3 aromatic rings. The maximum absolute atomic E-state index is 12.9. The molecule has 4 nitrogen and oxygen atoms in total. The lowest BCUT2D eigenvalue weighted by atomic mass is 9.90. The van der Waals surface area contributed by atoms with Gasteiger partial charge in [-0.05, 0) is 48.9 Å². The molecule has 1 aliphatic heterocycles. The number of para-hydroxylation sites is 1. The van der Waals surface area contributed by atoms with Crippen molar-refractivity contribution in [2.24, 2.45) is 0 Å². The summed E-state index contributed by atoms with van der Waals surface area (Å²) in [7, 11) is -3.40. The molecule has 1 fully saturated rings. The van der Waals surface area contributed by atoms with E-state index in [0.29, 0.717) is 23.9 Å². The number of aromatic nitrogens is 1. The number of sulfonamides is 1. The average molecular weight is 354 g/mol. The second-order valence-electron chi connectivity index (χ2n) is 6.73. The first kappa shape index (κ1) is 16.4. The lowest BCUT2D eigenvalue weighted by Gasteiger charge is -2.31. The third-order valence-electron chi connectivity index (χ3n) is 5.23. The number of fused-ring (bicyclic) bond motifs is 1. The van der Waals surface area contributed by atoms with Crippen LogP contribution in [0.2, 0.25) is 0 Å². The molecule has 0 unspecified atom stereocenters. The molecule has 1 N–H and O–H groups in total. The van der Waals surface area contributed by atoms with E-state index >= 15 is 0 Å². The number of nitrogens with one attached hydrogen (secondary N) is 1. The molecule has 0 radical (unpaired) electrons. The number of nitrogens with zero attached hydrogens (tertiary/aromatic N) is 1. The van der Waals surface area contributed by atoms with Crippen LogP contribution in [0.4, 0.5) is 0 Å². The van der Waals surface area contributed by atoms with Crippen LogP contribution in [0.15, 0.2) is 59.6 Å². The van der Waals surface area contributed by atoms with Crippen molar-refractivity contribution in [2.75, 3.05) is 13.1 Å². The number of benzene rings is 2. The molecule has 25 heavy (non-hydrogen) atoms. The summed E-state index contributed by atoms with van der Waals surface area (Å²) in [4.78, 5) is 3.76. The molecule has 1 aliphatic rings. The summed E-state index contributed by atoms with van der Waals surface area (Å²) in [6.07, 6.45) is 3.79.